The van der Waals surface area contributed by atoms with E-state index in [1.807, 2.05) is 18.4 Å². The molecule has 3 unspecified atom stereocenters. The largest absolute Gasteiger partial charge is 0.496 e. The first-order chi connectivity index (χ1) is 27.7. The summed E-state index contributed by atoms with van der Waals surface area (Å²) >= 11 is 1.55. The van der Waals surface area contributed by atoms with E-state index in [4.69, 9.17) is 15.6 Å². The second-order valence-electron chi connectivity index (χ2n) is 15.0. The van der Waals surface area contributed by atoms with Gasteiger partial charge in [0, 0.05) is 34.0 Å². The van der Waals surface area contributed by atoms with Crippen LogP contribution in [0.1, 0.15) is 123 Å². The molecule has 4 aromatic rings. The topological polar surface area (TPSA) is 164 Å². The standard InChI is InChI=1S/C17H18N2O2S.C11H18O2.C9H10FNO.C9H19NO/c1-9(2)13-8-22-17(19-13)12-7-14(20)11-5-6-15(21-4)10(3)16(11)18-12;1-2-3-4-5-6-7-9-8-10(9)11(12)13;1-7(12)6-11-9-4-2-8(10)3-5-9;1-3-5-7-8(6-4-2)9(10)11/h5-9H,1-4H3,(H,18,20);6-7,9-10H,2-5,8H2,1H3,(H,12,13);2-5,11H,6H2,1H3;8H,3-7H2,1-2H3,(H2,10,11)/b;7-6-;;. The Morgan fingerprint density at radius 1 is 1.05 bits per heavy atom. The number of primary amides is 1. The van der Waals surface area contributed by atoms with E-state index >= 15 is 0 Å². The molecule has 1 aliphatic rings. The fourth-order valence-electron chi connectivity index (χ4n) is 5.97. The fourth-order valence-corrected chi connectivity index (χ4v) is 6.92. The molecule has 2 aromatic heterocycles. The minimum Gasteiger partial charge on any atom is -0.496 e. The van der Waals surface area contributed by atoms with Gasteiger partial charge < -0.3 is 25.9 Å². The number of pyridine rings is 1. The van der Waals surface area contributed by atoms with E-state index in [0.717, 1.165) is 83.9 Å². The fraction of sp³-hybridized carbons (Fsp3) is 0.500. The van der Waals surface area contributed by atoms with Crippen LogP contribution in [0.15, 0.2) is 64.8 Å². The number of methoxy groups -OCH3 is 1. The molecule has 0 saturated heterocycles. The van der Waals surface area contributed by atoms with Crippen molar-refractivity contribution >= 4 is 45.6 Å². The zero-order chi connectivity index (χ0) is 43.2. The molecule has 3 atom stereocenters. The number of ether oxygens (including phenoxy) is 1. The third-order valence-corrected chi connectivity index (χ3v) is 10.5. The molecule has 0 bridgehead atoms. The Bertz CT molecular complexity index is 1960. The highest BCUT2D eigenvalue weighted by Gasteiger charge is 2.40. The second kappa shape index (κ2) is 26.2. The summed E-state index contributed by atoms with van der Waals surface area (Å²) in [5, 5.41) is 15.0. The van der Waals surface area contributed by atoms with Gasteiger partial charge in [-0.15, -0.1) is 11.3 Å². The molecular formula is C46H65FN4O6S. The van der Waals surface area contributed by atoms with Crippen molar-refractivity contribution in [3.8, 4) is 16.5 Å². The number of carbonyl (C=O) groups excluding carboxylic acids is 2. The van der Waals surface area contributed by atoms with Gasteiger partial charge in [-0.2, -0.15) is 0 Å². The number of halogens is 1. The number of nitrogens with two attached hydrogens (primary N) is 1. The van der Waals surface area contributed by atoms with Crippen molar-refractivity contribution < 1.29 is 28.6 Å². The van der Waals surface area contributed by atoms with Crippen molar-refractivity contribution in [2.45, 2.75) is 119 Å². The first-order valence-corrected chi connectivity index (χ1v) is 21.4. The number of nitrogens with zero attached hydrogens (tertiary/aromatic N) is 1. The zero-order valence-electron chi connectivity index (χ0n) is 35.7. The number of aromatic nitrogens is 2. The third-order valence-electron chi connectivity index (χ3n) is 9.63. The van der Waals surface area contributed by atoms with Crippen molar-refractivity contribution in [1.29, 1.82) is 0 Å². The molecule has 1 saturated carbocycles. The summed E-state index contributed by atoms with van der Waals surface area (Å²) in [6.07, 6.45) is 15.2. The van der Waals surface area contributed by atoms with Crippen LogP contribution in [0.4, 0.5) is 10.1 Å². The van der Waals surface area contributed by atoms with Gasteiger partial charge in [0.25, 0.3) is 0 Å². The molecule has 318 valence electrons. The maximum Gasteiger partial charge on any atom is 0.307 e. The van der Waals surface area contributed by atoms with Crippen LogP contribution in [0.5, 0.6) is 5.75 Å². The van der Waals surface area contributed by atoms with Crippen LogP contribution >= 0.6 is 11.3 Å². The summed E-state index contributed by atoms with van der Waals surface area (Å²) in [5.41, 5.74) is 9.52. The predicted octanol–water partition coefficient (Wildman–Crippen LogP) is 10.8. The Balaban J connectivity index is 0.000000281. The van der Waals surface area contributed by atoms with Crippen LogP contribution in [0, 0.1) is 30.5 Å². The molecule has 12 heteroatoms. The van der Waals surface area contributed by atoms with Crippen LogP contribution in [-0.2, 0) is 14.4 Å². The number of Topliss-reactive ketones (excluding diaryl/α,β-unsaturated/α-hetero) is 1. The van der Waals surface area contributed by atoms with Crippen LogP contribution in [-0.4, -0.2) is 46.4 Å². The molecule has 2 aromatic carbocycles. The molecule has 0 spiro atoms. The van der Waals surface area contributed by atoms with Gasteiger partial charge in [0.2, 0.25) is 5.91 Å². The summed E-state index contributed by atoms with van der Waals surface area (Å²) in [5.74, 6) is 0.536. The highest BCUT2D eigenvalue weighted by atomic mass is 32.1. The number of aryl methyl sites for hydroxylation is 1. The van der Waals surface area contributed by atoms with Gasteiger partial charge in [0.15, 0.2) is 5.43 Å². The first kappa shape index (κ1) is 49.3. The van der Waals surface area contributed by atoms with Gasteiger partial charge in [0.1, 0.15) is 22.4 Å². The predicted molar refractivity (Wildman–Crippen MR) is 236 cm³/mol. The smallest absolute Gasteiger partial charge is 0.307 e. The molecular weight excluding hydrogens is 756 g/mol. The van der Waals surface area contributed by atoms with E-state index in [9.17, 15) is 23.6 Å². The number of rotatable bonds is 18. The normalized spacial score (nSPS) is 14.7. The number of aromatic amines is 1. The molecule has 5 rings (SSSR count). The summed E-state index contributed by atoms with van der Waals surface area (Å²) in [4.78, 5) is 52.2. The average Bonchev–Trinajstić information content (AvgIpc) is 3.80. The summed E-state index contributed by atoms with van der Waals surface area (Å²) < 4.78 is 17.7. The van der Waals surface area contributed by atoms with Crippen molar-refractivity contribution in [3.63, 3.8) is 0 Å². The number of unbranched alkanes of at least 4 members (excludes halogenated alkanes) is 4. The van der Waals surface area contributed by atoms with Crippen molar-refractivity contribution in [3.05, 3.63) is 87.3 Å². The molecule has 0 aliphatic heterocycles. The molecule has 5 N–H and O–H groups in total. The summed E-state index contributed by atoms with van der Waals surface area (Å²) in [7, 11) is 1.63. The molecule has 0 radical (unpaired) electrons. The van der Waals surface area contributed by atoms with Crippen molar-refractivity contribution in [2.75, 3.05) is 19.0 Å². The van der Waals surface area contributed by atoms with E-state index in [2.05, 4.69) is 62.1 Å². The van der Waals surface area contributed by atoms with Crippen LogP contribution in [0.3, 0.4) is 0 Å². The van der Waals surface area contributed by atoms with Gasteiger partial charge in [-0.05, 0) is 94.2 Å². The molecule has 2 heterocycles. The number of H-pyrrole nitrogens is 1. The van der Waals surface area contributed by atoms with E-state index < -0.39 is 5.97 Å². The summed E-state index contributed by atoms with van der Waals surface area (Å²) in [6.45, 7) is 14.3. The number of carbonyl (C=O) groups is 3. The lowest BCUT2D eigenvalue weighted by Crippen LogP contribution is -2.22. The number of allylic oxidation sites excluding steroid dienone is 2. The number of carboxylic acid groups (broad SMARTS) is 1. The minimum atomic E-state index is -0.636. The van der Waals surface area contributed by atoms with Crippen LogP contribution < -0.4 is 21.2 Å². The Morgan fingerprint density at radius 2 is 1.74 bits per heavy atom. The lowest BCUT2D eigenvalue weighted by atomic mass is 9.97. The Morgan fingerprint density at radius 3 is 2.28 bits per heavy atom. The van der Waals surface area contributed by atoms with Crippen LogP contribution in [0.2, 0.25) is 0 Å². The van der Waals surface area contributed by atoms with E-state index in [-0.39, 0.29) is 41.3 Å². The maximum absolute atomic E-state index is 12.4. The number of ketones is 1. The summed E-state index contributed by atoms with van der Waals surface area (Å²) in [6, 6.07) is 11.1. The number of hydrogen-bond donors (Lipinski definition) is 4. The number of thiazole rings is 1. The van der Waals surface area contributed by atoms with Gasteiger partial charge in [-0.25, -0.2) is 9.37 Å². The Labute approximate surface area is 347 Å². The van der Waals surface area contributed by atoms with Crippen LogP contribution in [0.25, 0.3) is 21.6 Å². The minimum absolute atomic E-state index is 0.00389. The van der Waals surface area contributed by atoms with Crippen molar-refractivity contribution in [1.82, 2.24) is 9.97 Å². The van der Waals surface area contributed by atoms with Gasteiger partial charge >= 0.3 is 5.97 Å². The third kappa shape index (κ3) is 17.3. The van der Waals surface area contributed by atoms with Gasteiger partial charge in [0.05, 0.1) is 36.5 Å². The monoisotopic (exact) mass is 820 g/mol. The number of carboxylic acids is 1. The molecule has 1 aliphatic carbocycles. The van der Waals surface area contributed by atoms with Gasteiger partial charge in [-0.3, -0.25) is 19.2 Å². The number of hydrogen-bond acceptors (Lipinski definition) is 8. The Hall–Kier alpha value is -4.84. The lowest BCUT2D eigenvalue weighted by Gasteiger charge is -2.10. The van der Waals surface area contributed by atoms with E-state index in [1.54, 1.807) is 42.7 Å². The van der Waals surface area contributed by atoms with E-state index in [0.29, 0.717) is 17.2 Å². The highest BCUT2D eigenvalue weighted by Crippen LogP contribution is 2.39. The number of amides is 1. The maximum atomic E-state index is 12.4. The Kier molecular flexibility index (Phi) is 22.3. The molecule has 10 nitrogen and oxygen atoms in total. The molecule has 1 fully saturated rings. The molecule has 1 amide bonds. The zero-order valence-corrected chi connectivity index (χ0v) is 36.5. The van der Waals surface area contributed by atoms with E-state index in [1.165, 1.54) is 38.3 Å². The average molecular weight is 821 g/mol. The van der Waals surface area contributed by atoms with Gasteiger partial charge in [-0.1, -0.05) is 78.9 Å². The SMILES string of the molecule is CC(=O)CNc1ccc(F)cc1.CCCCC(CCC)C(N)=O.CCCCC/C=C\C1CC1C(=O)O.COc1ccc2c(=O)cc(-c3nc(C(C)C)cs3)[nH]c2c1C. The molecule has 58 heavy (non-hydrogen) atoms. The number of fused-ring (bicyclic) bond motifs is 1. The second-order valence-corrected chi connectivity index (χ2v) is 15.8. The first-order valence-electron chi connectivity index (χ1n) is 20.5. The van der Waals surface area contributed by atoms with Crippen molar-refractivity contribution in [2.24, 2.45) is 23.5 Å². The number of nitrogens with one attached hydrogen (secondary N) is 2. The quantitative estimate of drug-likeness (QED) is 0.0569. The number of benzene rings is 2. The number of anilines is 1. The highest BCUT2D eigenvalue weighted by molar-refractivity contribution is 7.13. The lowest BCUT2D eigenvalue weighted by molar-refractivity contribution is -0.138. The number of aliphatic carboxylic acids is 1.